The normalized spacial score (nSPS) is 19.8. The average molecular weight is 244 g/mol. The molecule has 0 radical (unpaired) electrons. The van der Waals surface area contributed by atoms with E-state index < -0.39 is 5.91 Å². The topological polar surface area (TPSA) is 29.1 Å². The summed E-state index contributed by atoms with van der Waals surface area (Å²) in [5, 5.41) is 2.66. The van der Waals surface area contributed by atoms with Crippen LogP contribution in [0.3, 0.4) is 0 Å². The summed E-state index contributed by atoms with van der Waals surface area (Å²) in [4.78, 5) is 11.8. The van der Waals surface area contributed by atoms with Gasteiger partial charge in [0.25, 0.3) is 5.91 Å². The first-order valence-corrected chi connectivity index (χ1v) is 4.79. The first kappa shape index (κ1) is 5.15. The summed E-state index contributed by atoms with van der Waals surface area (Å²) in [5.41, 5.74) is -0.185. The molecule has 0 saturated heterocycles. The van der Waals surface area contributed by atoms with Gasteiger partial charge in [0.05, 0.1) is 5.48 Å². The fraction of sp³-hybridized carbons (Fsp3) is 0.300. The Morgan fingerprint density at radius 1 is 1.46 bits per heavy atom. The Morgan fingerprint density at radius 2 is 2.08 bits per heavy atom. The fourth-order valence-corrected chi connectivity index (χ4v) is 1.09. The van der Waals surface area contributed by atoms with E-state index in [2.05, 4.69) is 21.2 Å². The summed E-state index contributed by atoms with van der Waals surface area (Å²) in [7, 11) is 0. The van der Waals surface area contributed by atoms with Gasteiger partial charge in [-0.25, -0.2) is 0 Å². The van der Waals surface area contributed by atoms with Gasteiger partial charge in [-0.05, 0) is 37.0 Å². The van der Waals surface area contributed by atoms with Gasteiger partial charge in [0, 0.05) is 16.1 Å². The predicted molar refractivity (Wildman–Crippen MR) is 54.6 cm³/mol. The lowest BCUT2D eigenvalue weighted by molar-refractivity contribution is 0.0951. The molecule has 13 heavy (non-hydrogen) atoms. The lowest BCUT2D eigenvalue weighted by atomic mass is 10.2. The van der Waals surface area contributed by atoms with Gasteiger partial charge in [0.1, 0.15) is 0 Å². The van der Waals surface area contributed by atoms with Gasteiger partial charge in [-0.1, -0.05) is 15.9 Å². The summed E-state index contributed by atoms with van der Waals surface area (Å²) in [5.74, 6) is -0.531. The summed E-state index contributed by atoms with van der Waals surface area (Å²) < 4.78 is 30.6. The van der Waals surface area contributed by atoms with Gasteiger partial charge in [0.15, 0.2) is 0 Å². The molecule has 0 aliphatic heterocycles. The zero-order chi connectivity index (χ0) is 12.7. The van der Waals surface area contributed by atoms with Crippen LogP contribution in [0.4, 0.5) is 0 Å². The Balaban J connectivity index is 2.48. The number of rotatable bonds is 2. The quantitative estimate of drug-likeness (QED) is 0.849. The number of carbonyl (C=O) groups is 1. The highest BCUT2D eigenvalue weighted by Gasteiger charge is 2.23. The molecule has 2 nitrogen and oxygen atoms in total. The van der Waals surface area contributed by atoms with Gasteiger partial charge in [-0.3, -0.25) is 4.79 Å². The second-order valence-corrected chi connectivity index (χ2v) is 3.73. The second kappa shape index (κ2) is 3.50. The maximum Gasteiger partial charge on any atom is 0.251 e. The molecule has 0 aromatic heterocycles. The van der Waals surface area contributed by atoms with E-state index in [4.69, 9.17) is 5.48 Å². The molecule has 1 aliphatic rings. The van der Waals surface area contributed by atoms with Crippen molar-refractivity contribution < 1.29 is 10.3 Å². The SMILES string of the molecule is [2H]c1c([2H])c(C(=O)NC2CC2)c([2H])c([2H])c1Br. The van der Waals surface area contributed by atoms with Gasteiger partial charge in [-0.15, -0.1) is 0 Å². The van der Waals surface area contributed by atoms with Crippen LogP contribution in [0.2, 0.25) is 0 Å². The van der Waals surface area contributed by atoms with Crippen molar-refractivity contribution in [1.82, 2.24) is 5.32 Å². The maximum atomic E-state index is 11.8. The fourth-order valence-electron chi connectivity index (χ4n) is 0.896. The molecular weight excluding hydrogens is 230 g/mol. The van der Waals surface area contributed by atoms with Crippen LogP contribution in [0.15, 0.2) is 28.6 Å². The molecule has 0 heterocycles. The second-order valence-electron chi connectivity index (χ2n) is 2.94. The van der Waals surface area contributed by atoms with Crippen LogP contribution in [0, 0.1) is 0 Å². The zero-order valence-electron chi connectivity index (χ0n) is 10.8. The molecule has 2 rings (SSSR count). The maximum absolute atomic E-state index is 11.8. The first-order valence-electron chi connectivity index (χ1n) is 6.00. The van der Waals surface area contributed by atoms with E-state index in [0.29, 0.717) is 0 Å². The van der Waals surface area contributed by atoms with E-state index >= 15 is 0 Å². The minimum Gasteiger partial charge on any atom is -0.349 e. The molecule has 1 fully saturated rings. The Bertz CT molecular complexity index is 473. The van der Waals surface area contributed by atoms with E-state index in [-0.39, 0.29) is 40.2 Å². The molecule has 3 heteroatoms. The third-order valence-corrected chi connectivity index (χ3v) is 2.13. The Kier molecular flexibility index (Phi) is 1.39. The minimum absolute atomic E-state index is 0.0791. The molecule has 1 aromatic rings. The highest BCUT2D eigenvalue weighted by Crippen LogP contribution is 2.19. The Labute approximate surface area is 91.1 Å². The number of benzene rings is 1. The van der Waals surface area contributed by atoms with Gasteiger partial charge in [0.2, 0.25) is 0 Å². The van der Waals surface area contributed by atoms with Crippen LogP contribution in [0.25, 0.3) is 0 Å². The molecule has 0 bridgehead atoms. The van der Waals surface area contributed by atoms with Crippen LogP contribution >= 0.6 is 15.9 Å². The molecule has 68 valence electrons. The van der Waals surface area contributed by atoms with E-state index in [1.807, 2.05) is 0 Å². The monoisotopic (exact) mass is 243 g/mol. The Morgan fingerprint density at radius 3 is 2.62 bits per heavy atom. The Hall–Kier alpha value is -0.830. The highest BCUT2D eigenvalue weighted by atomic mass is 79.9. The van der Waals surface area contributed by atoms with Crippen molar-refractivity contribution >= 4 is 21.8 Å². The third kappa shape index (κ3) is 2.31. The molecule has 0 atom stereocenters. The summed E-state index contributed by atoms with van der Waals surface area (Å²) in [6, 6.07) is -0.959. The van der Waals surface area contributed by atoms with Crippen LogP contribution < -0.4 is 5.32 Å². The molecule has 1 saturated carbocycles. The van der Waals surface area contributed by atoms with Crippen LogP contribution in [-0.4, -0.2) is 11.9 Å². The van der Waals surface area contributed by atoms with Gasteiger partial charge in [-0.2, -0.15) is 0 Å². The van der Waals surface area contributed by atoms with E-state index in [1.165, 1.54) is 0 Å². The number of hydrogen-bond donors (Lipinski definition) is 1. The average Bonchev–Trinajstić information content (AvgIpc) is 3.08. The molecule has 0 unspecified atom stereocenters. The molecule has 1 aliphatic carbocycles. The molecule has 0 spiro atoms. The largest absolute Gasteiger partial charge is 0.349 e. The minimum atomic E-state index is -0.531. The standard InChI is InChI=1S/C10H10BrNO/c11-8-3-1-7(2-4-8)10(13)12-9-5-6-9/h1-4,9H,5-6H2,(H,12,13)/i1D,2D,3D,4D. The smallest absolute Gasteiger partial charge is 0.251 e. The molecule has 1 N–H and O–H groups in total. The van der Waals surface area contributed by atoms with Gasteiger partial charge < -0.3 is 5.32 Å². The van der Waals surface area contributed by atoms with Gasteiger partial charge >= 0.3 is 0 Å². The van der Waals surface area contributed by atoms with Crippen molar-refractivity contribution in [3.63, 3.8) is 0 Å². The van der Waals surface area contributed by atoms with Crippen molar-refractivity contribution in [3.8, 4) is 0 Å². The lowest BCUT2D eigenvalue weighted by Crippen LogP contribution is -2.25. The number of amides is 1. The lowest BCUT2D eigenvalue weighted by Gasteiger charge is -2.02. The van der Waals surface area contributed by atoms with E-state index in [9.17, 15) is 4.79 Å². The molecular formula is C10H10BrNO. The summed E-state index contributed by atoms with van der Waals surface area (Å²) in [6.07, 6.45) is 1.81. The van der Waals surface area contributed by atoms with E-state index in [0.717, 1.165) is 12.8 Å². The van der Waals surface area contributed by atoms with Crippen LogP contribution in [-0.2, 0) is 0 Å². The number of nitrogens with one attached hydrogen (secondary N) is 1. The summed E-state index contributed by atoms with van der Waals surface area (Å²) >= 11 is 2.98. The molecule has 1 aromatic carbocycles. The number of halogens is 1. The van der Waals surface area contributed by atoms with Crippen LogP contribution in [0.1, 0.15) is 28.7 Å². The summed E-state index contributed by atoms with van der Waals surface area (Å²) in [6.45, 7) is 0. The predicted octanol–water partition coefficient (Wildman–Crippen LogP) is 2.34. The van der Waals surface area contributed by atoms with Crippen molar-refractivity contribution in [3.05, 3.63) is 34.2 Å². The van der Waals surface area contributed by atoms with Crippen molar-refractivity contribution in [2.24, 2.45) is 0 Å². The molecule has 1 amide bonds. The first-order chi connectivity index (χ1) is 7.93. The van der Waals surface area contributed by atoms with Crippen molar-refractivity contribution in [2.75, 3.05) is 0 Å². The van der Waals surface area contributed by atoms with E-state index in [1.54, 1.807) is 0 Å². The number of hydrogen-bond acceptors (Lipinski definition) is 1. The van der Waals surface area contributed by atoms with Crippen LogP contribution in [0.5, 0.6) is 0 Å². The van der Waals surface area contributed by atoms with Crippen molar-refractivity contribution in [1.29, 1.82) is 0 Å². The highest BCUT2D eigenvalue weighted by molar-refractivity contribution is 9.10. The zero-order valence-corrected chi connectivity index (χ0v) is 8.36. The number of carbonyl (C=O) groups excluding carboxylic acids is 1. The van der Waals surface area contributed by atoms with Crippen molar-refractivity contribution in [2.45, 2.75) is 18.9 Å². The third-order valence-electron chi connectivity index (χ3n) is 1.73.